The summed E-state index contributed by atoms with van der Waals surface area (Å²) in [4.78, 5) is 18.5. The van der Waals surface area contributed by atoms with Gasteiger partial charge in [-0.25, -0.2) is 18.1 Å². The van der Waals surface area contributed by atoms with Gasteiger partial charge in [0.15, 0.2) is 9.84 Å². The van der Waals surface area contributed by atoms with E-state index in [-0.39, 0.29) is 16.8 Å². The molecule has 140 valence electrons. The smallest absolute Gasteiger partial charge is 0.254 e. The van der Waals surface area contributed by atoms with E-state index in [1.165, 1.54) is 30.6 Å². The topological polar surface area (TPSA) is 85.2 Å². The quantitative estimate of drug-likeness (QED) is 0.675. The lowest BCUT2D eigenvalue weighted by molar-refractivity contribution is 0.0742. The highest BCUT2D eigenvalue weighted by Gasteiger charge is 2.19. The Balaban J connectivity index is 1.76. The first-order chi connectivity index (χ1) is 12.8. The van der Waals surface area contributed by atoms with E-state index in [9.17, 15) is 13.2 Å². The van der Waals surface area contributed by atoms with Gasteiger partial charge in [0.1, 0.15) is 12.7 Å². The molecule has 1 aromatic heterocycles. The van der Waals surface area contributed by atoms with Crippen LogP contribution in [0.3, 0.4) is 0 Å². The van der Waals surface area contributed by atoms with Crippen molar-refractivity contribution in [3.05, 3.63) is 72.3 Å². The zero-order chi connectivity index (χ0) is 19.6. The maximum atomic E-state index is 12.7. The van der Waals surface area contributed by atoms with Crippen molar-refractivity contribution in [3.8, 4) is 5.69 Å². The summed E-state index contributed by atoms with van der Waals surface area (Å²) in [5.41, 5.74) is 2.30. The Bertz CT molecular complexity index is 1030. The first-order valence-corrected chi connectivity index (χ1v) is 10.2. The van der Waals surface area contributed by atoms with E-state index in [4.69, 9.17) is 0 Å². The normalized spacial score (nSPS) is 12.6. The molecule has 8 heteroatoms. The summed E-state index contributed by atoms with van der Waals surface area (Å²) in [5.74, 6) is -0.178. The van der Waals surface area contributed by atoms with Crippen LogP contribution in [-0.4, -0.2) is 47.3 Å². The number of sulfone groups is 1. The van der Waals surface area contributed by atoms with E-state index >= 15 is 0 Å². The predicted octanol–water partition coefficient (Wildman–Crippen LogP) is 2.50. The van der Waals surface area contributed by atoms with Gasteiger partial charge in [-0.05, 0) is 48.9 Å². The molecule has 1 heterocycles. The minimum Gasteiger partial charge on any atom is -0.335 e. The second-order valence-corrected chi connectivity index (χ2v) is 8.34. The van der Waals surface area contributed by atoms with Gasteiger partial charge in [-0.2, -0.15) is 5.10 Å². The lowest BCUT2D eigenvalue weighted by Gasteiger charge is -2.25. The van der Waals surface area contributed by atoms with Crippen LogP contribution in [0, 0.1) is 0 Å². The van der Waals surface area contributed by atoms with Crippen LogP contribution in [0.25, 0.3) is 5.69 Å². The number of carbonyl (C=O) groups excluding carboxylic acids is 1. The molecule has 27 heavy (non-hydrogen) atoms. The molecule has 0 saturated heterocycles. The van der Waals surface area contributed by atoms with E-state index < -0.39 is 9.84 Å². The number of carbonyl (C=O) groups is 1. The second-order valence-electron chi connectivity index (χ2n) is 6.32. The lowest BCUT2D eigenvalue weighted by Crippen LogP contribution is -2.29. The number of hydrogen-bond donors (Lipinski definition) is 0. The number of benzene rings is 2. The minimum absolute atomic E-state index is 0.156. The molecule has 0 saturated carbocycles. The second kappa shape index (κ2) is 7.32. The van der Waals surface area contributed by atoms with Gasteiger partial charge in [0.25, 0.3) is 5.91 Å². The standard InChI is InChI=1S/C19H20N4O3S/c1-14(15-4-8-17(9-5-15)23-13-20-12-21-23)22(2)19(24)16-6-10-18(11-7-16)27(3,25)26/h4-14H,1-3H3/t14-/m1/s1. The molecular weight excluding hydrogens is 364 g/mol. The molecule has 0 spiro atoms. The molecule has 0 bridgehead atoms. The van der Waals surface area contributed by atoms with E-state index in [2.05, 4.69) is 10.1 Å². The fraction of sp³-hybridized carbons (Fsp3) is 0.211. The van der Waals surface area contributed by atoms with Crippen molar-refractivity contribution in [2.75, 3.05) is 13.3 Å². The van der Waals surface area contributed by atoms with E-state index in [0.29, 0.717) is 5.56 Å². The largest absolute Gasteiger partial charge is 0.335 e. The summed E-state index contributed by atoms with van der Waals surface area (Å²) in [7, 11) is -1.56. The molecule has 0 fully saturated rings. The number of amides is 1. The molecule has 0 unspecified atom stereocenters. The van der Waals surface area contributed by atoms with Crippen LogP contribution in [-0.2, 0) is 9.84 Å². The van der Waals surface area contributed by atoms with Crippen molar-refractivity contribution in [2.45, 2.75) is 17.9 Å². The average Bonchev–Trinajstić information content (AvgIpc) is 3.20. The first kappa shape index (κ1) is 18.8. The zero-order valence-corrected chi connectivity index (χ0v) is 16.1. The average molecular weight is 384 g/mol. The number of nitrogens with zero attached hydrogens (tertiary/aromatic N) is 4. The van der Waals surface area contributed by atoms with Crippen LogP contribution in [0.4, 0.5) is 0 Å². The Morgan fingerprint density at radius 3 is 2.22 bits per heavy atom. The molecule has 0 N–H and O–H groups in total. The SMILES string of the molecule is C[C@H](c1ccc(-n2cncn2)cc1)N(C)C(=O)c1ccc(S(C)(=O)=O)cc1. The molecule has 2 aromatic carbocycles. The Labute approximate surface area is 158 Å². The van der Waals surface area contributed by atoms with E-state index in [0.717, 1.165) is 17.5 Å². The van der Waals surface area contributed by atoms with Crippen LogP contribution in [0.2, 0.25) is 0 Å². The molecule has 1 amide bonds. The minimum atomic E-state index is -3.28. The lowest BCUT2D eigenvalue weighted by atomic mass is 10.1. The highest BCUT2D eigenvalue weighted by atomic mass is 32.2. The third kappa shape index (κ3) is 4.06. The monoisotopic (exact) mass is 384 g/mol. The molecule has 0 aliphatic heterocycles. The van der Waals surface area contributed by atoms with Crippen molar-refractivity contribution < 1.29 is 13.2 Å². The third-order valence-corrected chi connectivity index (χ3v) is 5.62. The molecule has 1 atom stereocenters. The van der Waals surface area contributed by atoms with Gasteiger partial charge in [-0.15, -0.1) is 0 Å². The van der Waals surface area contributed by atoms with Gasteiger partial charge in [-0.3, -0.25) is 4.79 Å². The predicted molar refractivity (Wildman–Crippen MR) is 101 cm³/mol. The Kier molecular flexibility index (Phi) is 5.09. The van der Waals surface area contributed by atoms with Crippen LogP contribution in [0.1, 0.15) is 28.9 Å². The molecule has 7 nitrogen and oxygen atoms in total. The summed E-state index contributed by atoms with van der Waals surface area (Å²) in [5, 5.41) is 4.09. The number of hydrogen-bond acceptors (Lipinski definition) is 5. The van der Waals surface area contributed by atoms with Gasteiger partial charge in [0, 0.05) is 18.9 Å². The van der Waals surface area contributed by atoms with Crippen molar-refractivity contribution >= 4 is 15.7 Å². The Hall–Kier alpha value is -3.00. The summed E-state index contributed by atoms with van der Waals surface area (Å²) in [6.45, 7) is 1.94. The van der Waals surface area contributed by atoms with Crippen molar-refractivity contribution in [2.24, 2.45) is 0 Å². The van der Waals surface area contributed by atoms with Crippen molar-refractivity contribution in [1.82, 2.24) is 19.7 Å². The molecule has 0 radical (unpaired) electrons. The van der Waals surface area contributed by atoms with Crippen molar-refractivity contribution in [1.29, 1.82) is 0 Å². The molecule has 0 aliphatic rings. The molecular formula is C19H20N4O3S. The molecule has 3 aromatic rings. The molecule has 0 aliphatic carbocycles. The van der Waals surface area contributed by atoms with Crippen LogP contribution < -0.4 is 0 Å². The van der Waals surface area contributed by atoms with Crippen LogP contribution >= 0.6 is 0 Å². The van der Waals surface area contributed by atoms with Crippen LogP contribution in [0.5, 0.6) is 0 Å². The first-order valence-electron chi connectivity index (χ1n) is 8.29. The third-order valence-electron chi connectivity index (χ3n) is 4.49. The Morgan fingerprint density at radius 2 is 1.70 bits per heavy atom. The maximum absolute atomic E-state index is 12.7. The number of rotatable bonds is 5. The maximum Gasteiger partial charge on any atom is 0.254 e. The zero-order valence-electron chi connectivity index (χ0n) is 15.3. The van der Waals surface area contributed by atoms with Gasteiger partial charge < -0.3 is 4.90 Å². The fourth-order valence-corrected chi connectivity index (χ4v) is 3.33. The van der Waals surface area contributed by atoms with Gasteiger partial charge >= 0.3 is 0 Å². The highest BCUT2D eigenvalue weighted by molar-refractivity contribution is 7.90. The summed E-state index contributed by atoms with van der Waals surface area (Å²) < 4.78 is 24.8. The summed E-state index contributed by atoms with van der Waals surface area (Å²) >= 11 is 0. The highest BCUT2D eigenvalue weighted by Crippen LogP contribution is 2.22. The summed E-state index contributed by atoms with van der Waals surface area (Å²) in [6, 6.07) is 13.5. The van der Waals surface area contributed by atoms with Crippen LogP contribution in [0.15, 0.2) is 66.1 Å². The fourth-order valence-electron chi connectivity index (χ4n) is 2.69. The van der Waals surface area contributed by atoms with E-state index in [1.54, 1.807) is 23.0 Å². The summed E-state index contributed by atoms with van der Waals surface area (Å²) in [6.07, 6.45) is 4.23. The Morgan fingerprint density at radius 1 is 1.07 bits per heavy atom. The van der Waals surface area contributed by atoms with Crippen molar-refractivity contribution in [3.63, 3.8) is 0 Å². The van der Waals surface area contributed by atoms with E-state index in [1.807, 2.05) is 31.2 Å². The molecule has 3 rings (SSSR count). The van der Waals surface area contributed by atoms with Gasteiger partial charge in [-0.1, -0.05) is 12.1 Å². The van der Waals surface area contributed by atoms with Gasteiger partial charge in [0.05, 0.1) is 16.6 Å². The van der Waals surface area contributed by atoms with Gasteiger partial charge in [0.2, 0.25) is 0 Å². The number of aromatic nitrogens is 3.